The van der Waals surface area contributed by atoms with Gasteiger partial charge in [0.2, 0.25) is 0 Å². The van der Waals surface area contributed by atoms with Gasteiger partial charge in [0, 0.05) is 11.7 Å². The molecule has 1 atom stereocenters. The number of hydrogen-bond acceptors (Lipinski definition) is 1. The molecular weight excluding hydrogens is 254 g/mol. The summed E-state index contributed by atoms with van der Waals surface area (Å²) >= 11 is 0. The molecule has 1 heteroatoms. The maximum absolute atomic E-state index is 3.65. The predicted molar refractivity (Wildman–Crippen MR) is 91.8 cm³/mol. The lowest BCUT2D eigenvalue weighted by atomic mass is 10.0. The average molecular weight is 279 g/mol. The molecule has 1 aliphatic carbocycles. The van der Waals surface area contributed by atoms with E-state index in [4.69, 9.17) is 0 Å². The molecule has 2 aromatic carbocycles. The van der Waals surface area contributed by atoms with Crippen molar-refractivity contribution in [3.63, 3.8) is 0 Å². The van der Waals surface area contributed by atoms with Gasteiger partial charge in [-0.15, -0.1) is 0 Å². The van der Waals surface area contributed by atoms with Gasteiger partial charge >= 0.3 is 0 Å². The quantitative estimate of drug-likeness (QED) is 0.650. The summed E-state index contributed by atoms with van der Waals surface area (Å²) in [5.41, 5.74) is 6.99. The van der Waals surface area contributed by atoms with Gasteiger partial charge in [0.05, 0.1) is 0 Å². The van der Waals surface area contributed by atoms with Gasteiger partial charge in [0.25, 0.3) is 0 Å². The van der Waals surface area contributed by atoms with E-state index in [1.807, 2.05) is 0 Å². The zero-order chi connectivity index (χ0) is 14.8. The first-order valence-electron chi connectivity index (χ1n) is 8.11. The van der Waals surface area contributed by atoms with Crippen LogP contribution in [-0.4, -0.2) is 6.04 Å². The molecule has 1 N–H and O–H groups in total. The Labute approximate surface area is 128 Å². The molecular formula is C20H25N. The number of rotatable bonds is 5. The molecule has 2 aromatic rings. The van der Waals surface area contributed by atoms with E-state index in [1.54, 1.807) is 0 Å². The fraction of sp³-hybridized carbons (Fsp3) is 0.400. The number of hydrogen-bond donors (Lipinski definition) is 1. The predicted octanol–water partition coefficient (Wildman–Crippen LogP) is 5.49. The standard InChI is InChI=1S/C20H25N/c1-14(2)8-9-15(3)21-18-10-11-20-17(13-18)12-16-6-4-5-7-19(16)20/h4-7,10-11,13-15,21H,8-9,12H2,1-3H3. The Hall–Kier alpha value is -1.76. The Morgan fingerprint density at radius 2 is 1.67 bits per heavy atom. The van der Waals surface area contributed by atoms with Crippen LogP contribution in [0, 0.1) is 5.92 Å². The van der Waals surface area contributed by atoms with Gasteiger partial charge in [0.15, 0.2) is 0 Å². The SMILES string of the molecule is CC(C)CCC(C)Nc1ccc2c(c1)Cc1ccccc1-2. The fourth-order valence-corrected chi connectivity index (χ4v) is 3.17. The fourth-order valence-electron chi connectivity index (χ4n) is 3.17. The molecule has 1 aliphatic rings. The third kappa shape index (κ3) is 3.12. The molecule has 0 fully saturated rings. The van der Waals surface area contributed by atoms with Gasteiger partial charge in [-0.2, -0.15) is 0 Å². The summed E-state index contributed by atoms with van der Waals surface area (Å²) in [6, 6.07) is 16.1. The van der Waals surface area contributed by atoms with Crippen LogP contribution in [0.3, 0.4) is 0 Å². The molecule has 0 bridgehead atoms. The highest BCUT2D eigenvalue weighted by molar-refractivity contribution is 5.78. The third-order valence-electron chi connectivity index (χ3n) is 4.38. The molecule has 21 heavy (non-hydrogen) atoms. The van der Waals surface area contributed by atoms with Gasteiger partial charge in [-0.25, -0.2) is 0 Å². The molecule has 110 valence electrons. The summed E-state index contributed by atoms with van der Waals surface area (Å²) in [5, 5.41) is 3.65. The van der Waals surface area contributed by atoms with E-state index >= 15 is 0 Å². The minimum Gasteiger partial charge on any atom is -0.383 e. The Morgan fingerprint density at radius 3 is 2.48 bits per heavy atom. The van der Waals surface area contributed by atoms with Crippen molar-refractivity contribution in [1.82, 2.24) is 0 Å². The Kier molecular flexibility index (Phi) is 4.01. The lowest BCUT2D eigenvalue weighted by Gasteiger charge is -2.17. The van der Waals surface area contributed by atoms with Crippen LogP contribution in [0.15, 0.2) is 42.5 Å². The number of nitrogens with one attached hydrogen (secondary N) is 1. The first-order chi connectivity index (χ1) is 10.1. The Morgan fingerprint density at radius 1 is 0.905 bits per heavy atom. The van der Waals surface area contributed by atoms with E-state index in [9.17, 15) is 0 Å². The van der Waals surface area contributed by atoms with Crippen molar-refractivity contribution in [1.29, 1.82) is 0 Å². The molecule has 1 unspecified atom stereocenters. The molecule has 0 spiro atoms. The third-order valence-corrected chi connectivity index (χ3v) is 4.38. The lowest BCUT2D eigenvalue weighted by molar-refractivity contribution is 0.528. The molecule has 0 saturated heterocycles. The number of fused-ring (bicyclic) bond motifs is 3. The number of anilines is 1. The van der Waals surface area contributed by atoms with E-state index in [0.717, 1.165) is 12.3 Å². The van der Waals surface area contributed by atoms with Gasteiger partial charge in [0.1, 0.15) is 0 Å². The van der Waals surface area contributed by atoms with Crippen molar-refractivity contribution >= 4 is 5.69 Å². The van der Waals surface area contributed by atoms with Gasteiger partial charge in [-0.1, -0.05) is 44.2 Å². The van der Waals surface area contributed by atoms with Crippen LogP contribution in [0.25, 0.3) is 11.1 Å². The lowest BCUT2D eigenvalue weighted by Crippen LogP contribution is -2.15. The van der Waals surface area contributed by atoms with Crippen molar-refractivity contribution in [2.24, 2.45) is 5.92 Å². The number of benzene rings is 2. The largest absolute Gasteiger partial charge is 0.383 e. The second kappa shape index (κ2) is 5.93. The smallest absolute Gasteiger partial charge is 0.0345 e. The van der Waals surface area contributed by atoms with Gasteiger partial charge in [-0.3, -0.25) is 0 Å². The van der Waals surface area contributed by atoms with Crippen molar-refractivity contribution in [2.45, 2.75) is 46.1 Å². The summed E-state index contributed by atoms with van der Waals surface area (Å²) in [6.07, 6.45) is 3.58. The molecule has 0 radical (unpaired) electrons. The van der Waals surface area contributed by atoms with Crippen molar-refractivity contribution in [2.75, 3.05) is 5.32 Å². The van der Waals surface area contributed by atoms with Crippen molar-refractivity contribution in [3.05, 3.63) is 53.6 Å². The molecule has 3 rings (SSSR count). The summed E-state index contributed by atoms with van der Waals surface area (Å²) in [5.74, 6) is 0.781. The van der Waals surface area contributed by atoms with Crippen LogP contribution in [0.2, 0.25) is 0 Å². The summed E-state index contributed by atoms with van der Waals surface area (Å²) in [7, 11) is 0. The average Bonchev–Trinajstić information content (AvgIpc) is 2.82. The second-order valence-electron chi connectivity index (χ2n) is 6.72. The van der Waals surface area contributed by atoms with Crippen LogP contribution in [0.4, 0.5) is 5.69 Å². The van der Waals surface area contributed by atoms with Crippen LogP contribution < -0.4 is 5.32 Å². The molecule has 1 nitrogen and oxygen atoms in total. The Bertz CT molecular complexity index is 627. The maximum Gasteiger partial charge on any atom is 0.0345 e. The molecule has 0 saturated carbocycles. The minimum absolute atomic E-state index is 0.536. The Balaban J connectivity index is 1.72. The normalized spacial score (nSPS) is 13.9. The van der Waals surface area contributed by atoms with E-state index in [0.29, 0.717) is 6.04 Å². The van der Waals surface area contributed by atoms with E-state index in [1.165, 1.54) is 40.8 Å². The summed E-state index contributed by atoms with van der Waals surface area (Å²) in [4.78, 5) is 0. The monoisotopic (exact) mass is 279 g/mol. The van der Waals surface area contributed by atoms with Gasteiger partial charge in [-0.05, 0) is 66.5 Å². The zero-order valence-corrected chi connectivity index (χ0v) is 13.3. The van der Waals surface area contributed by atoms with Crippen molar-refractivity contribution in [3.8, 4) is 11.1 Å². The highest BCUT2D eigenvalue weighted by atomic mass is 14.9. The van der Waals surface area contributed by atoms with Crippen LogP contribution in [-0.2, 0) is 6.42 Å². The van der Waals surface area contributed by atoms with Crippen LogP contribution >= 0.6 is 0 Å². The van der Waals surface area contributed by atoms with Gasteiger partial charge < -0.3 is 5.32 Å². The second-order valence-corrected chi connectivity index (χ2v) is 6.72. The first kappa shape index (κ1) is 14.2. The molecule has 0 aromatic heterocycles. The van der Waals surface area contributed by atoms with Crippen molar-refractivity contribution < 1.29 is 0 Å². The molecule has 0 heterocycles. The highest BCUT2D eigenvalue weighted by Gasteiger charge is 2.18. The maximum atomic E-state index is 3.65. The molecule has 0 amide bonds. The van der Waals surface area contributed by atoms with Crippen LogP contribution in [0.5, 0.6) is 0 Å². The zero-order valence-electron chi connectivity index (χ0n) is 13.3. The summed E-state index contributed by atoms with van der Waals surface area (Å²) < 4.78 is 0. The minimum atomic E-state index is 0.536. The molecule has 0 aliphatic heterocycles. The van der Waals surface area contributed by atoms with Crippen LogP contribution in [0.1, 0.15) is 44.7 Å². The van der Waals surface area contributed by atoms with E-state index in [-0.39, 0.29) is 0 Å². The van der Waals surface area contributed by atoms with E-state index < -0.39 is 0 Å². The first-order valence-corrected chi connectivity index (χ1v) is 8.11. The summed E-state index contributed by atoms with van der Waals surface area (Å²) in [6.45, 7) is 6.86. The highest BCUT2D eigenvalue weighted by Crippen LogP contribution is 2.37. The topological polar surface area (TPSA) is 12.0 Å². The van der Waals surface area contributed by atoms with E-state index in [2.05, 4.69) is 68.6 Å².